The van der Waals surface area contributed by atoms with Gasteiger partial charge in [-0.2, -0.15) is 0 Å². The zero-order chi connectivity index (χ0) is 2.00. The van der Waals surface area contributed by atoms with E-state index in [2.05, 4.69) is 0 Å². The summed E-state index contributed by atoms with van der Waals surface area (Å²) in [6, 6.07) is 0. The van der Waals surface area contributed by atoms with Crippen LogP contribution in [0.4, 0.5) is 0 Å². The van der Waals surface area contributed by atoms with Crippen LogP contribution in [-0.2, 0) is 4.79 Å². The molecule has 0 aliphatic carbocycles. The van der Waals surface area contributed by atoms with Gasteiger partial charge in [0.05, 0.1) is 0 Å². The molecule has 0 spiro atoms. The number of carbonyl (C=O) groups is 1. The number of hydrogen-bond donors (Lipinski definition) is 0. The fraction of sp³-hybridized carbons (Fsp3) is 0. The minimum Gasteiger partial charge on any atom is -1.00 e. The third-order valence-electron chi connectivity index (χ3n) is 0. The predicted octanol–water partition coefficient (Wildman–Crippen LogP) is -0.496. The van der Waals surface area contributed by atoms with Gasteiger partial charge in [-0.25, -0.2) is 0 Å². The Morgan fingerprint density at radius 2 is 1.25 bits per heavy atom. The Morgan fingerprint density at radius 1 is 1.25 bits per heavy atom. The molecule has 0 aromatic carbocycles. The van der Waals surface area contributed by atoms with E-state index in [1.165, 1.54) is 0 Å². The molecule has 0 radical (unpaired) electrons. The van der Waals surface area contributed by atoms with Gasteiger partial charge in [-0.1, -0.05) is 0 Å². The predicted molar refractivity (Wildman–Crippen MR) is 23.1 cm³/mol. The molecule has 1 nitrogen and oxygen atoms in total. The molecule has 0 aromatic rings. The summed E-state index contributed by atoms with van der Waals surface area (Å²) in [5, 5.41) is 0. The summed E-state index contributed by atoms with van der Waals surface area (Å²) in [4.78, 5) is 8.00. The normalized spacial score (nSPS) is 1.00. The van der Waals surface area contributed by atoms with Crippen molar-refractivity contribution in [2.75, 3.05) is 0 Å². The van der Waals surface area contributed by atoms with Crippen molar-refractivity contribution in [1.82, 2.24) is 0 Å². The molecule has 0 rings (SSSR count). The minimum absolute atomic E-state index is 0. The van der Waals surface area contributed by atoms with Crippen molar-refractivity contribution in [3.63, 3.8) is 0 Å². The van der Waals surface area contributed by atoms with E-state index in [0.29, 0.717) is 0 Å². The molecule has 3 heteroatoms. The summed E-state index contributed by atoms with van der Waals surface area (Å²) in [6.07, 6.45) is 0. The summed E-state index contributed by atoms with van der Waals surface area (Å²) in [6.45, 7) is 2.00. The van der Waals surface area contributed by atoms with Crippen molar-refractivity contribution < 1.29 is 10.5 Å². The van der Waals surface area contributed by atoms with E-state index in [4.69, 9.17) is 4.79 Å². The molecule has 0 atom stereocenters. The van der Waals surface area contributed by atoms with Crippen molar-refractivity contribution in [2.24, 2.45) is 0 Å². The van der Waals surface area contributed by atoms with Crippen molar-refractivity contribution in [3.05, 3.63) is 0 Å². The van der Waals surface area contributed by atoms with Gasteiger partial charge in [-0.3, -0.25) is 0 Å². The van der Waals surface area contributed by atoms with Gasteiger partial charge in [0.25, 0.3) is 0 Å². The summed E-state index contributed by atoms with van der Waals surface area (Å²) in [7, 11) is 0. The van der Waals surface area contributed by atoms with Gasteiger partial charge in [0, 0.05) is 0 Å². The molecule has 0 saturated carbocycles. The zero-order valence-electron chi connectivity index (χ0n) is 6.53. The van der Waals surface area contributed by atoms with E-state index in [1.54, 1.807) is 0 Å². The third-order valence-corrected chi connectivity index (χ3v) is 0. The largest absolute Gasteiger partial charge is 2.00 e. The first kappa shape index (κ1) is 16.4. The molecular formula is CH6Ca2O. The Labute approximate surface area is 91.1 Å². The molecular weight excluding hydrogens is 108 g/mol. The number of hydrogen-bond acceptors (Lipinski definition) is 1. The number of rotatable bonds is 0. The maximum absolute atomic E-state index is 8.00. The monoisotopic (exact) mass is 114 g/mol. The van der Waals surface area contributed by atoms with E-state index < -0.39 is 0 Å². The third kappa shape index (κ3) is 8.89. The van der Waals surface area contributed by atoms with Crippen LogP contribution >= 0.6 is 0 Å². The molecule has 0 saturated heterocycles. The Bertz CT molecular complexity index is 14.0. The van der Waals surface area contributed by atoms with Gasteiger partial charge in [0.2, 0.25) is 0 Å². The van der Waals surface area contributed by atoms with Crippen LogP contribution in [0.2, 0.25) is 0 Å². The second-order valence-corrected chi connectivity index (χ2v) is 0. The minimum atomic E-state index is 0. The summed E-state index contributed by atoms with van der Waals surface area (Å²) in [5.74, 6) is 0. The standard InChI is InChI=1S/CH2O.2Ca.4H/c1-2;;;;;;/h1H2;;;;;;/q;2*+2;4*-1. The quantitative estimate of drug-likeness (QED) is 0.388. The Kier molecular flexibility index (Phi) is 77.8. The molecule has 4 heavy (non-hydrogen) atoms. The van der Waals surface area contributed by atoms with E-state index in [9.17, 15) is 0 Å². The molecule has 0 N–H and O–H groups in total. The van der Waals surface area contributed by atoms with Crippen LogP contribution in [0, 0.1) is 0 Å². The van der Waals surface area contributed by atoms with Crippen molar-refractivity contribution in [3.8, 4) is 0 Å². The average Bonchev–Trinajstić information content (AvgIpc) is 1.00. The summed E-state index contributed by atoms with van der Waals surface area (Å²) >= 11 is 0. The van der Waals surface area contributed by atoms with Gasteiger partial charge in [-0.05, 0) is 0 Å². The van der Waals surface area contributed by atoms with Crippen LogP contribution in [-0.4, -0.2) is 82.3 Å². The fourth-order valence-electron chi connectivity index (χ4n) is 0. The Morgan fingerprint density at radius 3 is 1.25 bits per heavy atom. The summed E-state index contributed by atoms with van der Waals surface area (Å²) in [5.41, 5.74) is 0. The van der Waals surface area contributed by atoms with Gasteiger partial charge >= 0.3 is 75.5 Å². The van der Waals surface area contributed by atoms with E-state index in [0.717, 1.165) is 0 Å². The van der Waals surface area contributed by atoms with Gasteiger partial charge < -0.3 is 10.5 Å². The molecule has 0 aromatic heterocycles. The van der Waals surface area contributed by atoms with Crippen molar-refractivity contribution >= 4 is 82.3 Å². The molecule has 0 fully saturated rings. The molecule has 0 unspecified atom stereocenters. The molecule has 0 bridgehead atoms. The summed E-state index contributed by atoms with van der Waals surface area (Å²) < 4.78 is 0. The maximum Gasteiger partial charge on any atom is 2.00 e. The second kappa shape index (κ2) is 19.0. The van der Waals surface area contributed by atoms with Gasteiger partial charge in [0.15, 0.2) is 0 Å². The second-order valence-electron chi connectivity index (χ2n) is 0. The Balaban J connectivity index is -0.000000000333. The van der Waals surface area contributed by atoms with Gasteiger partial charge in [-0.15, -0.1) is 0 Å². The smallest absolute Gasteiger partial charge is 1.00 e. The zero-order valence-corrected chi connectivity index (χ0v) is 6.95. The molecule has 0 amide bonds. The first-order chi connectivity index (χ1) is 1.00. The number of carbonyl (C=O) groups excluding carboxylic acids is 1. The van der Waals surface area contributed by atoms with Crippen molar-refractivity contribution in [2.45, 2.75) is 0 Å². The van der Waals surface area contributed by atoms with Crippen molar-refractivity contribution in [1.29, 1.82) is 0 Å². The Hall–Kier alpha value is 2.19. The van der Waals surface area contributed by atoms with Crippen LogP contribution in [0.1, 0.15) is 5.71 Å². The van der Waals surface area contributed by atoms with E-state index >= 15 is 0 Å². The van der Waals surface area contributed by atoms with Crippen LogP contribution in [0.3, 0.4) is 0 Å². The van der Waals surface area contributed by atoms with Gasteiger partial charge in [0.1, 0.15) is 6.79 Å². The first-order valence-corrected chi connectivity index (χ1v) is 0.289. The first-order valence-electron chi connectivity index (χ1n) is 0.289. The van der Waals surface area contributed by atoms with Crippen LogP contribution < -0.4 is 0 Å². The molecule has 0 aliphatic heterocycles. The van der Waals surface area contributed by atoms with E-state index in [-0.39, 0.29) is 81.2 Å². The van der Waals surface area contributed by atoms with E-state index in [1.807, 2.05) is 6.79 Å². The molecule has 0 aliphatic rings. The fourth-order valence-corrected chi connectivity index (χ4v) is 0. The molecule has 20 valence electrons. The van der Waals surface area contributed by atoms with Crippen LogP contribution in [0.25, 0.3) is 0 Å². The van der Waals surface area contributed by atoms with Crippen LogP contribution in [0.15, 0.2) is 0 Å². The SMILES string of the molecule is C=O.[Ca+2].[Ca+2].[H-].[H-].[H-].[H-]. The maximum atomic E-state index is 8.00. The topological polar surface area (TPSA) is 17.1 Å². The molecule has 0 heterocycles. The van der Waals surface area contributed by atoms with Crippen LogP contribution in [0.5, 0.6) is 0 Å². The average molecular weight is 114 g/mol.